The molecule has 144 valence electrons. The first-order valence-electron chi connectivity index (χ1n) is 9.36. The number of nitrogens with one attached hydrogen (secondary N) is 3. The van der Waals surface area contributed by atoms with Crippen LogP contribution in [0.2, 0.25) is 0 Å². The summed E-state index contributed by atoms with van der Waals surface area (Å²) in [5, 5.41) is 3.41. The predicted molar refractivity (Wildman–Crippen MR) is 114 cm³/mol. The Kier molecular flexibility index (Phi) is 4.09. The minimum Gasteiger partial charge on any atom is -0.368 e. The van der Waals surface area contributed by atoms with E-state index in [0.29, 0.717) is 13.0 Å². The molecule has 0 unspecified atom stereocenters. The Hall–Kier alpha value is -3.94. The highest BCUT2D eigenvalue weighted by molar-refractivity contribution is 5.76. The number of H-pyrrole nitrogens is 2. The van der Waals surface area contributed by atoms with Crippen molar-refractivity contribution in [2.75, 3.05) is 11.1 Å². The average molecular weight is 384 g/mol. The monoisotopic (exact) mass is 384 g/mol. The van der Waals surface area contributed by atoms with Gasteiger partial charge >= 0.3 is 0 Å². The second-order valence-corrected chi connectivity index (χ2v) is 7.06. The third-order valence-electron chi connectivity index (χ3n) is 4.89. The van der Waals surface area contributed by atoms with Gasteiger partial charge in [0.1, 0.15) is 11.6 Å². The van der Waals surface area contributed by atoms with Gasteiger partial charge in [0, 0.05) is 24.7 Å². The maximum atomic E-state index is 5.84. The van der Waals surface area contributed by atoms with Crippen LogP contribution in [0.5, 0.6) is 0 Å². The van der Waals surface area contributed by atoms with Crippen LogP contribution in [0.3, 0.4) is 0 Å². The number of rotatable bonds is 5. The molecule has 0 bridgehead atoms. The van der Waals surface area contributed by atoms with Crippen LogP contribution < -0.4 is 11.1 Å². The molecule has 0 aliphatic heterocycles. The van der Waals surface area contributed by atoms with Crippen LogP contribution in [-0.4, -0.2) is 29.9 Å². The number of imidazole rings is 2. The lowest BCUT2D eigenvalue weighted by molar-refractivity contribution is 1.04. The molecule has 0 radical (unpaired) electrons. The van der Waals surface area contributed by atoms with Gasteiger partial charge in [-0.2, -0.15) is 4.98 Å². The van der Waals surface area contributed by atoms with Crippen molar-refractivity contribution < 1.29 is 0 Å². The van der Waals surface area contributed by atoms with Crippen molar-refractivity contribution in [1.82, 2.24) is 29.9 Å². The Morgan fingerprint density at radius 3 is 2.72 bits per heavy atom. The van der Waals surface area contributed by atoms with Gasteiger partial charge in [0.25, 0.3) is 0 Å². The molecule has 0 aliphatic carbocycles. The van der Waals surface area contributed by atoms with Crippen LogP contribution >= 0.6 is 0 Å². The van der Waals surface area contributed by atoms with E-state index in [2.05, 4.69) is 59.5 Å². The van der Waals surface area contributed by atoms with Crippen LogP contribution in [0.1, 0.15) is 22.5 Å². The number of benzene rings is 2. The second-order valence-electron chi connectivity index (χ2n) is 7.06. The SMILES string of the molecule is Cc1nc2ccc(CNc3nc(N)ncc3Cc3ccc4nc[nH]c4c3)cc2[nH]1. The van der Waals surface area contributed by atoms with Crippen LogP contribution in [0.4, 0.5) is 11.8 Å². The predicted octanol–water partition coefficient (Wildman–Crippen LogP) is 3.32. The Morgan fingerprint density at radius 1 is 0.966 bits per heavy atom. The summed E-state index contributed by atoms with van der Waals surface area (Å²) in [7, 11) is 0. The van der Waals surface area contributed by atoms with E-state index in [4.69, 9.17) is 5.73 Å². The first kappa shape index (κ1) is 17.2. The third-order valence-corrected chi connectivity index (χ3v) is 4.89. The Balaban J connectivity index is 1.39. The van der Waals surface area contributed by atoms with Crippen molar-refractivity contribution in [2.45, 2.75) is 19.9 Å². The van der Waals surface area contributed by atoms with Crippen LogP contribution in [-0.2, 0) is 13.0 Å². The summed E-state index contributed by atoms with van der Waals surface area (Å²) in [4.78, 5) is 23.7. The van der Waals surface area contributed by atoms with Gasteiger partial charge in [-0.25, -0.2) is 15.0 Å². The quantitative estimate of drug-likeness (QED) is 0.369. The number of aromatic amines is 2. The number of nitrogens with zero attached hydrogens (tertiary/aromatic N) is 4. The average Bonchev–Trinajstić information content (AvgIpc) is 3.32. The molecule has 0 fully saturated rings. The number of anilines is 2. The van der Waals surface area contributed by atoms with Crippen molar-refractivity contribution in [3.05, 3.63) is 71.4 Å². The number of hydrogen-bond acceptors (Lipinski definition) is 6. The standard InChI is InChI=1S/C21H20N8/c1-12-27-17-5-3-14(8-19(17)28-12)9-23-20-15(10-24-21(22)29-20)6-13-2-4-16-18(7-13)26-11-25-16/h2-5,7-8,10-11H,6,9H2,1H3,(H,25,26)(H,27,28)(H3,22,23,24,29). The van der Waals surface area contributed by atoms with Crippen molar-refractivity contribution in [3.63, 3.8) is 0 Å². The van der Waals surface area contributed by atoms with Crippen molar-refractivity contribution >= 4 is 33.8 Å². The van der Waals surface area contributed by atoms with Gasteiger partial charge in [0.05, 0.1) is 28.4 Å². The summed E-state index contributed by atoms with van der Waals surface area (Å²) in [6.45, 7) is 2.57. The van der Waals surface area contributed by atoms with Crippen molar-refractivity contribution in [3.8, 4) is 0 Å². The molecule has 0 saturated carbocycles. The zero-order chi connectivity index (χ0) is 19.8. The molecule has 3 heterocycles. The Morgan fingerprint density at radius 2 is 1.79 bits per heavy atom. The van der Waals surface area contributed by atoms with E-state index in [-0.39, 0.29) is 5.95 Å². The highest BCUT2D eigenvalue weighted by atomic mass is 15.1. The van der Waals surface area contributed by atoms with Gasteiger partial charge in [0.15, 0.2) is 0 Å². The van der Waals surface area contributed by atoms with Gasteiger partial charge < -0.3 is 21.0 Å². The van der Waals surface area contributed by atoms with Crippen LogP contribution in [0.25, 0.3) is 22.1 Å². The molecule has 8 nitrogen and oxygen atoms in total. The molecule has 0 saturated heterocycles. The zero-order valence-corrected chi connectivity index (χ0v) is 15.9. The molecular formula is C21H20N8. The van der Waals surface area contributed by atoms with E-state index in [0.717, 1.165) is 50.4 Å². The molecule has 5 aromatic rings. The summed E-state index contributed by atoms with van der Waals surface area (Å²) in [5.41, 5.74) is 13.0. The summed E-state index contributed by atoms with van der Waals surface area (Å²) in [5.74, 6) is 1.90. The zero-order valence-electron chi connectivity index (χ0n) is 15.9. The summed E-state index contributed by atoms with van der Waals surface area (Å²) >= 11 is 0. The molecule has 0 atom stereocenters. The van der Waals surface area contributed by atoms with E-state index in [1.165, 1.54) is 0 Å². The Labute approximate surface area is 166 Å². The van der Waals surface area contributed by atoms with Gasteiger partial charge in [-0.3, -0.25) is 0 Å². The number of nitrogens with two attached hydrogens (primary N) is 1. The molecular weight excluding hydrogens is 364 g/mol. The first-order chi connectivity index (χ1) is 14.1. The lowest BCUT2D eigenvalue weighted by atomic mass is 10.1. The van der Waals surface area contributed by atoms with E-state index >= 15 is 0 Å². The molecule has 29 heavy (non-hydrogen) atoms. The normalized spacial score (nSPS) is 11.3. The van der Waals surface area contributed by atoms with Gasteiger partial charge in [-0.1, -0.05) is 12.1 Å². The molecule has 0 aliphatic rings. The fraction of sp³-hybridized carbons (Fsp3) is 0.143. The fourth-order valence-electron chi connectivity index (χ4n) is 3.50. The summed E-state index contributed by atoms with van der Waals surface area (Å²) < 4.78 is 0. The van der Waals surface area contributed by atoms with Gasteiger partial charge in [-0.05, 0) is 42.3 Å². The minimum atomic E-state index is 0.250. The fourth-order valence-corrected chi connectivity index (χ4v) is 3.50. The largest absolute Gasteiger partial charge is 0.368 e. The highest BCUT2D eigenvalue weighted by Crippen LogP contribution is 2.21. The molecule has 8 heteroatoms. The molecule has 5 N–H and O–H groups in total. The number of hydrogen-bond donors (Lipinski definition) is 4. The number of aromatic nitrogens is 6. The molecule has 5 rings (SSSR count). The molecule has 0 spiro atoms. The minimum absolute atomic E-state index is 0.250. The summed E-state index contributed by atoms with van der Waals surface area (Å²) in [6.07, 6.45) is 4.17. The lowest BCUT2D eigenvalue weighted by Crippen LogP contribution is -2.08. The van der Waals surface area contributed by atoms with E-state index in [1.807, 2.05) is 19.1 Å². The van der Waals surface area contributed by atoms with Crippen LogP contribution in [0.15, 0.2) is 48.9 Å². The third kappa shape index (κ3) is 3.47. The Bertz CT molecular complexity index is 1320. The number of aryl methyl sites for hydroxylation is 1. The van der Waals surface area contributed by atoms with E-state index in [9.17, 15) is 0 Å². The molecule has 0 amide bonds. The highest BCUT2D eigenvalue weighted by Gasteiger charge is 2.09. The maximum Gasteiger partial charge on any atom is 0.221 e. The summed E-state index contributed by atoms with van der Waals surface area (Å²) in [6, 6.07) is 12.3. The number of fused-ring (bicyclic) bond motifs is 2. The maximum absolute atomic E-state index is 5.84. The van der Waals surface area contributed by atoms with Gasteiger partial charge in [0.2, 0.25) is 5.95 Å². The van der Waals surface area contributed by atoms with Crippen molar-refractivity contribution in [2.24, 2.45) is 0 Å². The topological polar surface area (TPSA) is 121 Å². The second kappa shape index (κ2) is 6.90. The van der Waals surface area contributed by atoms with E-state index < -0.39 is 0 Å². The molecule has 3 aromatic heterocycles. The van der Waals surface area contributed by atoms with Crippen LogP contribution in [0, 0.1) is 6.92 Å². The van der Waals surface area contributed by atoms with Gasteiger partial charge in [-0.15, -0.1) is 0 Å². The van der Waals surface area contributed by atoms with Crippen molar-refractivity contribution in [1.29, 1.82) is 0 Å². The lowest BCUT2D eigenvalue weighted by Gasteiger charge is -2.12. The smallest absolute Gasteiger partial charge is 0.221 e. The first-order valence-corrected chi connectivity index (χ1v) is 9.36. The molecule has 2 aromatic carbocycles. The van der Waals surface area contributed by atoms with E-state index in [1.54, 1.807) is 12.5 Å². The number of nitrogen functional groups attached to an aromatic ring is 1.